The number of aliphatic hydroxyl groups is 1. The van der Waals surface area contributed by atoms with Crippen molar-refractivity contribution >= 4 is 16.0 Å². The molecule has 1 heterocycles. The van der Waals surface area contributed by atoms with Crippen LogP contribution in [0.25, 0.3) is 0 Å². The highest BCUT2D eigenvalue weighted by molar-refractivity contribution is 7.89. The van der Waals surface area contributed by atoms with E-state index < -0.39 is 21.6 Å². The van der Waals surface area contributed by atoms with E-state index in [0.717, 1.165) is 5.56 Å². The lowest BCUT2D eigenvalue weighted by molar-refractivity contribution is -0.136. The first-order valence-corrected chi connectivity index (χ1v) is 7.68. The molecule has 0 radical (unpaired) electrons. The second-order valence-corrected chi connectivity index (χ2v) is 7.25. The molecular formula is C13H17NO5S. The second kappa shape index (κ2) is 5.16. The number of hydrogen-bond donors (Lipinski definition) is 2. The smallest absolute Gasteiger partial charge is 0.303 e. The summed E-state index contributed by atoms with van der Waals surface area (Å²) in [5.74, 6) is -0.885. The third-order valence-electron chi connectivity index (χ3n) is 3.22. The summed E-state index contributed by atoms with van der Waals surface area (Å²) in [5.41, 5.74) is -0.170. The summed E-state index contributed by atoms with van der Waals surface area (Å²) in [6.07, 6.45) is 0.384. The fraction of sp³-hybridized carbons (Fsp3) is 0.462. The fourth-order valence-electron chi connectivity index (χ4n) is 2.11. The van der Waals surface area contributed by atoms with Crippen LogP contribution in [0.1, 0.15) is 18.9 Å². The molecule has 2 rings (SSSR count). The number of hydrogen-bond acceptors (Lipinski definition) is 4. The zero-order chi connectivity index (χ0) is 15.0. The van der Waals surface area contributed by atoms with Crippen LogP contribution in [0.4, 0.5) is 0 Å². The number of carbonyl (C=O) groups is 1. The first kappa shape index (κ1) is 15.0. The Morgan fingerprint density at radius 3 is 2.30 bits per heavy atom. The van der Waals surface area contributed by atoms with E-state index >= 15 is 0 Å². The predicted molar refractivity (Wildman–Crippen MR) is 71.8 cm³/mol. The van der Waals surface area contributed by atoms with Gasteiger partial charge in [-0.15, -0.1) is 0 Å². The van der Waals surface area contributed by atoms with E-state index in [1.165, 1.54) is 16.4 Å². The Hall–Kier alpha value is -1.44. The lowest BCUT2D eigenvalue weighted by Crippen LogP contribution is -2.61. The zero-order valence-corrected chi connectivity index (χ0v) is 11.9. The zero-order valence-electron chi connectivity index (χ0n) is 11.1. The Labute approximate surface area is 117 Å². The third kappa shape index (κ3) is 3.17. The Balaban J connectivity index is 2.08. The highest BCUT2D eigenvalue weighted by Gasteiger charge is 2.43. The van der Waals surface area contributed by atoms with Crippen molar-refractivity contribution in [1.82, 2.24) is 4.31 Å². The molecule has 0 aromatic heterocycles. The van der Waals surface area contributed by atoms with Gasteiger partial charge in [-0.2, -0.15) is 4.31 Å². The summed E-state index contributed by atoms with van der Waals surface area (Å²) >= 11 is 0. The quantitative estimate of drug-likeness (QED) is 0.823. The van der Waals surface area contributed by atoms with Crippen molar-refractivity contribution < 1.29 is 23.4 Å². The standard InChI is InChI=1S/C13H17NO5S/c1-13(17)8-14(9-13)20(18,19)11-5-2-10(3-6-11)4-7-12(15)16/h2-3,5-6,17H,4,7-9H2,1H3,(H,15,16). The van der Waals surface area contributed by atoms with E-state index in [-0.39, 0.29) is 24.4 Å². The largest absolute Gasteiger partial charge is 0.481 e. The van der Waals surface area contributed by atoms with Gasteiger partial charge in [0.2, 0.25) is 10.0 Å². The maximum atomic E-state index is 12.2. The molecule has 0 unspecified atom stereocenters. The molecule has 1 aliphatic heterocycles. The van der Waals surface area contributed by atoms with E-state index in [0.29, 0.717) is 6.42 Å². The highest BCUT2D eigenvalue weighted by atomic mass is 32.2. The summed E-state index contributed by atoms with van der Waals surface area (Å²) < 4.78 is 25.6. The average molecular weight is 299 g/mol. The molecular weight excluding hydrogens is 282 g/mol. The van der Waals surface area contributed by atoms with Crippen molar-refractivity contribution in [3.05, 3.63) is 29.8 Å². The Morgan fingerprint density at radius 2 is 1.85 bits per heavy atom. The number of nitrogens with zero attached hydrogens (tertiary/aromatic N) is 1. The van der Waals surface area contributed by atoms with E-state index in [1.54, 1.807) is 19.1 Å². The molecule has 1 saturated heterocycles. The number of sulfonamides is 1. The van der Waals surface area contributed by atoms with Crippen LogP contribution >= 0.6 is 0 Å². The van der Waals surface area contributed by atoms with Gasteiger partial charge in [0.15, 0.2) is 0 Å². The lowest BCUT2D eigenvalue weighted by atomic mass is 10.0. The van der Waals surface area contributed by atoms with Crippen molar-refractivity contribution in [2.24, 2.45) is 0 Å². The number of carboxylic acid groups (broad SMARTS) is 1. The maximum absolute atomic E-state index is 12.2. The van der Waals surface area contributed by atoms with Gasteiger partial charge in [-0.25, -0.2) is 8.42 Å². The normalized spacial score (nSPS) is 18.5. The lowest BCUT2D eigenvalue weighted by Gasteiger charge is -2.42. The van der Waals surface area contributed by atoms with Crippen LogP contribution in [0.5, 0.6) is 0 Å². The molecule has 0 spiro atoms. The van der Waals surface area contributed by atoms with Crippen LogP contribution in [-0.2, 0) is 21.2 Å². The Bertz CT molecular complexity index is 598. The Morgan fingerprint density at radius 1 is 1.30 bits per heavy atom. The molecule has 1 aromatic carbocycles. The van der Waals surface area contributed by atoms with Crippen LogP contribution < -0.4 is 0 Å². The number of benzene rings is 1. The van der Waals surface area contributed by atoms with Crippen molar-refractivity contribution in [3.63, 3.8) is 0 Å². The molecule has 110 valence electrons. The van der Waals surface area contributed by atoms with Crippen LogP contribution in [0.2, 0.25) is 0 Å². The minimum absolute atomic E-state index is 0.0150. The molecule has 0 aliphatic carbocycles. The average Bonchev–Trinajstić information content (AvgIpc) is 2.34. The monoisotopic (exact) mass is 299 g/mol. The van der Waals surface area contributed by atoms with Gasteiger partial charge in [0.1, 0.15) is 0 Å². The van der Waals surface area contributed by atoms with Crippen LogP contribution in [-0.4, -0.2) is 47.6 Å². The summed E-state index contributed by atoms with van der Waals surface area (Å²) in [6.45, 7) is 1.78. The SMILES string of the molecule is CC1(O)CN(S(=O)(=O)c2ccc(CCC(=O)O)cc2)C1. The predicted octanol–water partition coefficient (Wildman–Crippen LogP) is 0.459. The van der Waals surface area contributed by atoms with Gasteiger partial charge in [0.25, 0.3) is 0 Å². The molecule has 0 saturated carbocycles. The molecule has 1 fully saturated rings. The second-order valence-electron chi connectivity index (χ2n) is 5.31. The van der Waals surface area contributed by atoms with Crippen LogP contribution in [0.3, 0.4) is 0 Å². The van der Waals surface area contributed by atoms with Gasteiger partial charge < -0.3 is 10.2 Å². The van der Waals surface area contributed by atoms with Gasteiger partial charge >= 0.3 is 5.97 Å². The minimum Gasteiger partial charge on any atom is -0.481 e. The van der Waals surface area contributed by atoms with Crippen molar-refractivity contribution in [3.8, 4) is 0 Å². The van der Waals surface area contributed by atoms with Crippen molar-refractivity contribution in [2.45, 2.75) is 30.3 Å². The van der Waals surface area contributed by atoms with Gasteiger partial charge in [-0.1, -0.05) is 12.1 Å². The van der Waals surface area contributed by atoms with Crippen LogP contribution in [0.15, 0.2) is 29.2 Å². The highest BCUT2D eigenvalue weighted by Crippen LogP contribution is 2.27. The summed E-state index contributed by atoms with van der Waals surface area (Å²) in [5, 5.41) is 18.2. The summed E-state index contributed by atoms with van der Waals surface area (Å²) in [7, 11) is -3.56. The molecule has 0 bridgehead atoms. The molecule has 6 nitrogen and oxygen atoms in total. The van der Waals surface area contributed by atoms with E-state index in [1.807, 2.05) is 0 Å². The molecule has 0 amide bonds. The van der Waals surface area contributed by atoms with E-state index in [4.69, 9.17) is 5.11 Å². The van der Waals surface area contributed by atoms with Gasteiger partial charge in [-0.3, -0.25) is 4.79 Å². The maximum Gasteiger partial charge on any atom is 0.303 e. The number of aliphatic carboxylic acids is 1. The van der Waals surface area contributed by atoms with Crippen LogP contribution in [0, 0.1) is 0 Å². The van der Waals surface area contributed by atoms with E-state index in [2.05, 4.69) is 0 Å². The molecule has 1 aromatic rings. The molecule has 0 atom stereocenters. The molecule has 7 heteroatoms. The van der Waals surface area contributed by atoms with Gasteiger partial charge in [0.05, 0.1) is 10.5 Å². The first-order valence-electron chi connectivity index (χ1n) is 6.24. The third-order valence-corrected chi connectivity index (χ3v) is 5.03. The summed E-state index contributed by atoms with van der Waals surface area (Å²) in [6, 6.07) is 6.18. The number of rotatable bonds is 5. The molecule has 2 N–H and O–H groups in total. The minimum atomic E-state index is -3.56. The van der Waals surface area contributed by atoms with E-state index in [9.17, 15) is 18.3 Å². The van der Waals surface area contributed by atoms with Gasteiger partial charge in [-0.05, 0) is 31.0 Å². The molecule has 20 heavy (non-hydrogen) atoms. The number of aryl methyl sites for hydroxylation is 1. The topological polar surface area (TPSA) is 94.9 Å². The number of carboxylic acids is 1. The van der Waals surface area contributed by atoms with Gasteiger partial charge in [0, 0.05) is 19.5 Å². The number of β-amino-alcohol motifs (C(OH)–C–C–N with tert-alkyl or cyclic N) is 1. The molecule has 1 aliphatic rings. The fourth-order valence-corrected chi connectivity index (χ4v) is 3.79. The van der Waals surface area contributed by atoms with Crippen molar-refractivity contribution in [2.75, 3.05) is 13.1 Å². The Kier molecular flexibility index (Phi) is 3.86. The first-order chi connectivity index (χ1) is 9.21. The van der Waals surface area contributed by atoms with Crippen molar-refractivity contribution in [1.29, 1.82) is 0 Å². The summed E-state index contributed by atoms with van der Waals surface area (Å²) in [4.78, 5) is 10.6.